The number of ether oxygens (including phenoxy) is 1. The van der Waals surface area contributed by atoms with Crippen molar-refractivity contribution in [2.24, 2.45) is 0 Å². The molecule has 2 heterocycles. The summed E-state index contributed by atoms with van der Waals surface area (Å²) in [4.78, 5) is 10.5. The Morgan fingerprint density at radius 2 is 2.58 bits per heavy atom. The van der Waals surface area contributed by atoms with E-state index in [0.717, 1.165) is 10.7 Å². The first-order valence-corrected chi connectivity index (χ1v) is 3.34. The van der Waals surface area contributed by atoms with Crippen molar-refractivity contribution in [2.75, 3.05) is 6.54 Å². The largest absolute Gasteiger partial charge is 0.469 e. The molecule has 0 atom stereocenters. The number of carboxylic acid groups (broad SMARTS) is 1. The number of fused-ring (bicyclic) bond motifs is 1. The number of rotatable bonds is 0. The van der Waals surface area contributed by atoms with Crippen molar-refractivity contribution in [3.05, 3.63) is 24.4 Å². The lowest BCUT2D eigenvalue weighted by Crippen LogP contribution is -2.40. The van der Waals surface area contributed by atoms with Crippen molar-refractivity contribution in [1.82, 2.24) is 15.6 Å². The Hall–Kier alpha value is -1.69. The second-order valence-electron chi connectivity index (χ2n) is 2.37. The van der Waals surface area contributed by atoms with E-state index in [-0.39, 0.29) is 0 Å². The molecule has 0 unspecified atom stereocenters. The highest BCUT2D eigenvalue weighted by Gasteiger charge is 2.27. The number of hydrazine groups is 2. The highest BCUT2D eigenvalue weighted by molar-refractivity contribution is 5.65. The zero-order valence-electron chi connectivity index (χ0n) is 6.10. The number of carbonyl (C=O) groups is 1. The second-order valence-corrected chi connectivity index (χ2v) is 2.37. The number of nitrogens with zero attached hydrogens (tertiary/aromatic N) is 2. The van der Waals surface area contributed by atoms with E-state index >= 15 is 0 Å². The molecule has 1 saturated heterocycles. The first-order chi connectivity index (χ1) is 5.77. The lowest BCUT2D eigenvalue weighted by atomic mass is 10.4. The molecule has 6 heteroatoms. The van der Waals surface area contributed by atoms with Gasteiger partial charge in [-0.2, -0.15) is 0 Å². The Labute approximate surface area is 68.3 Å². The summed E-state index contributed by atoms with van der Waals surface area (Å²) in [5.74, 6) is 0. The van der Waals surface area contributed by atoms with Gasteiger partial charge < -0.3 is 9.84 Å². The summed E-state index contributed by atoms with van der Waals surface area (Å²) in [5.41, 5.74) is 3.39. The smallest absolute Gasteiger partial charge is 0.423 e. The second kappa shape index (κ2) is 2.42. The van der Waals surface area contributed by atoms with E-state index in [1.54, 1.807) is 11.2 Å². The Kier molecular flexibility index (Phi) is 1.41. The molecule has 2 N–H and O–H groups in total. The maximum atomic E-state index is 10.5. The molecule has 12 heavy (non-hydrogen) atoms. The molecule has 0 aliphatic carbocycles. The number of hydrogen-bond donors (Lipinski definition) is 2. The third-order valence-corrected chi connectivity index (χ3v) is 1.58. The highest BCUT2D eigenvalue weighted by Crippen LogP contribution is 2.15. The van der Waals surface area contributed by atoms with Gasteiger partial charge in [-0.15, -0.1) is 5.53 Å². The van der Waals surface area contributed by atoms with Crippen molar-refractivity contribution in [3.63, 3.8) is 0 Å². The van der Waals surface area contributed by atoms with Crippen molar-refractivity contribution in [2.45, 2.75) is 0 Å². The Bertz CT molecular complexity index is 273. The van der Waals surface area contributed by atoms with E-state index in [4.69, 9.17) is 9.84 Å². The van der Waals surface area contributed by atoms with Crippen molar-refractivity contribution < 1.29 is 14.6 Å². The zero-order valence-corrected chi connectivity index (χ0v) is 6.10. The molecule has 2 aliphatic heterocycles. The normalized spacial score (nSPS) is 20.2. The van der Waals surface area contributed by atoms with E-state index in [2.05, 4.69) is 5.53 Å². The lowest BCUT2D eigenvalue weighted by molar-refractivity contribution is 0.113. The predicted molar refractivity (Wildman–Crippen MR) is 38.0 cm³/mol. The number of amides is 1. The van der Waals surface area contributed by atoms with Gasteiger partial charge in [-0.05, 0) is 0 Å². The van der Waals surface area contributed by atoms with Crippen LogP contribution < -0.4 is 5.53 Å². The van der Waals surface area contributed by atoms with Crippen LogP contribution >= 0.6 is 0 Å². The summed E-state index contributed by atoms with van der Waals surface area (Å²) in [5, 5.41) is 11.2. The maximum Gasteiger partial charge on any atom is 0.423 e. The lowest BCUT2D eigenvalue weighted by Gasteiger charge is -2.16. The Balaban J connectivity index is 2.13. The van der Waals surface area contributed by atoms with Crippen molar-refractivity contribution in [3.8, 4) is 0 Å². The fourth-order valence-electron chi connectivity index (χ4n) is 1.02. The zero-order chi connectivity index (χ0) is 8.55. The van der Waals surface area contributed by atoms with E-state index in [1.807, 2.05) is 0 Å². The molecule has 1 amide bonds. The Morgan fingerprint density at radius 1 is 1.75 bits per heavy atom. The van der Waals surface area contributed by atoms with Crippen LogP contribution in [0.4, 0.5) is 4.79 Å². The van der Waals surface area contributed by atoms with Gasteiger partial charge in [-0.25, -0.2) is 9.80 Å². The third kappa shape index (κ3) is 0.978. The van der Waals surface area contributed by atoms with Crippen LogP contribution in [0, 0.1) is 0 Å². The minimum Gasteiger partial charge on any atom is -0.469 e. The molecule has 6 nitrogen and oxygen atoms in total. The average Bonchev–Trinajstić information content (AvgIpc) is 2.46. The van der Waals surface area contributed by atoms with Crippen LogP contribution in [0.15, 0.2) is 24.4 Å². The van der Waals surface area contributed by atoms with Crippen LogP contribution in [0.5, 0.6) is 0 Å². The van der Waals surface area contributed by atoms with Gasteiger partial charge in [0.2, 0.25) is 0 Å². The number of nitrogens with one attached hydrogen (secondary N) is 1. The van der Waals surface area contributed by atoms with Gasteiger partial charge in [-0.3, -0.25) is 5.01 Å². The maximum absolute atomic E-state index is 10.5. The molecular formula is C6H7N3O3. The Morgan fingerprint density at radius 3 is 3.25 bits per heavy atom. The van der Waals surface area contributed by atoms with Gasteiger partial charge in [0.05, 0.1) is 18.4 Å². The number of hydrogen-bond acceptors (Lipinski definition) is 4. The molecule has 0 aromatic carbocycles. The highest BCUT2D eigenvalue weighted by atomic mass is 16.5. The van der Waals surface area contributed by atoms with Gasteiger partial charge in [0.15, 0.2) is 0 Å². The molecular weight excluding hydrogens is 162 g/mol. The fraction of sp³-hybridized carbons (Fsp3) is 0.167. The first kappa shape index (κ1) is 6.99. The van der Waals surface area contributed by atoms with Crippen LogP contribution in [0.25, 0.3) is 0 Å². The molecule has 64 valence electrons. The molecule has 0 radical (unpaired) electrons. The summed E-state index contributed by atoms with van der Waals surface area (Å²) in [6.07, 6.45) is 3.55. The summed E-state index contributed by atoms with van der Waals surface area (Å²) in [6, 6.07) is 0. The molecule has 2 rings (SSSR count). The molecule has 0 aromatic rings. The summed E-state index contributed by atoms with van der Waals surface area (Å²) in [7, 11) is 0. The SMILES string of the molecule is O=C(O)N1CC2=COC=CN2N1. The van der Waals surface area contributed by atoms with E-state index < -0.39 is 6.09 Å². The van der Waals surface area contributed by atoms with Gasteiger partial charge in [-0.1, -0.05) is 0 Å². The quantitative estimate of drug-likeness (QED) is 0.536. The standard InChI is InChI=1S/C6H7N3O3/c10-6(11)9-3-5-4-12-2-1-8(5)7-9/h1-2,4,7H,3H2,(H,10,11). The summed E-state index contributed by atoms with van der Waals surface area (Å²) in [6.45, 7) is 0.291. The van der Waals surface area contributed by atoms with Crippen LogP contribution in [0.1, 0.15) is 0 Å². The molecule has 0 spiro atoms. The van der Waals surface area contributed by atoms with Crippen LogP contribution in [0.2, 0.25) is 0 Å². The van der Waals surface area contributed by atoms with E-state index in [9.17, 15) is 4.79 Å². The average molecular weight is 169 g/mol. The summed E-state index contributed by atoms with van der Waals surface area (Å²) < 4.78 is 4.87. The van der Waals surface area contributed by atoms with Gasteiger partial charge in [0.25, 0.3) is 0 Å². The van der Waals surface area contributed by atoms with Crippen LogP contribution in [-0.4, -0.2) is 27.8 Å². The van der Waals surface area contributed by atoms with Crippen LogP contribution in [-0.2, 0) is 4.74 Å². The molecule has 0 bridgehead atoms. The van der Waals surface area contributed by atoms with Crippen LogP contribution in [0.3, 0.4) is 0 Å². The predicted octanol–water partition coefficient (Wildman–Crippen LogP) is 0.0444. The monoisotopic (exact) mass is 169 g/mol. The minimum atomic E-state index is -1.02. The van der Waals surface area contributed by atoms with Crippen molar-refractivity contribution in [1.29, 1.82) is 0 Å². The third-order valence-electron chi connectivity index (χ3n) is 1.58. The molecule has 1 fully saturated rings. The summed E-state index contributed by atoms with van der Waals surface area (Å²) >= 11 is 0. The molecule has 0 aromatic heterocycles. The first-order valence-electron chi connectivity index (χ1n) is 3.34. The van der Waals surface area contributed by atoms with E-state index in [0.29, 0.717) is 6.54 Å². The van der Waals surface area contributed by atoms with Gasteiger partial charge in [0, 0.05) is 0 Å². The van der Waals surface area contributed by atoms with Crippen molar-refractivity contribution >= 4 is 6.09 Å². The minimum absolute atomic E-state index is 0.291. The van der Waals surface area contributed by atoms with E-state index in [1.165, 1.54) is 12.5 Å². The molecule has 0 saturated carbocycles. The van der Waals surface area contributed by atoms with Gasteiger partial charge >= 0.3 is 6.09 Å². The van der Waals surface area contributed by atoms with Gasteiger partial charge in [0.1, 0.15) is 12.5 Å². The molecule has 2 aliphatic rings. The fourth-order valence-corrected chi connectivity index (χ4v) is 1.02. The topological polar surface area (TPSA) is 65.0 Å².